The van der Waals surface area contributed by atoms with E-state index in [9.17, 15) is 0 Å². The summed E-state index contributed by atoms with van der Waals surface area (Å²) in [7, 11) is 0. The molecule has 1 aliphatic carbocycles. The Hall–Kier alpha value is -0.910. The smallest absolute Gasteiger partial charge is 0.193 e. The lowest BCUT2D eigenvalue weighted by Gasteiger charge is -2.40. The van der Waals surface area contributed by atoms with Gasteiger partial charge in [0.05, 0.1) is 5.69 Å². The maximum Gasteiger partial charge on any atom is 0.193 e. The van der Waals surface area contributed by atoms with E-state index in [0.717, 1.165) is 24.0 Å². The van der Waals surface area contributed by atoms with Crippen LogP contribution in [0.3, 0.4) is 0 Å². The molecule has 0 amide bonds. The first-order valence-electron chi connectivity index (χ1n) is 7.72. The number of imidazole rings is 1. The summed E-state index contributed by atoms with van der Waals surface area (Å²) >= 11 is 1.71. The van der Waals surface area contributed by atoms with E-state index in [-0.39, 0.29) is 0 Å². The lowest BCUT2D eigenvalue weighted by atomic mass is 10.0. The molecule has 1 saturated heterocycles. The fourth-order valence-electron chi connectivity index (χ4n) is 3.35. The number of hydrogen-bond acceptors (Lipinski definition) is 4. The second kappa shape index (κ2) is 5.13. The maximum absolute atomic E-state index is 4.74. The van der Waals surface area contributed by atoms with Crippen molar-refractivity contribution >= 4 is 16.3 Å². The third kappa shape index (κ3) is 2.38. The highest BCUT2D eigenvalue weighted by atomic mass is 32.1. The zero-order valence-corrected chi connectivity index (χ0v) is 12.8. The molecule has 2 unspecified atom stereocenters. The summed E-state index contributed by atoms with van der Waals surface area (Å²) in [5.74, 6) is 0.931. The molecule has 1 N–H and O–H groups in total. The van der Waals surface area contributed by atoms with E-state index >= 15 is 0 Å². The van der Waals surface area contributed by atoms with Crippen LogP contribution in [0.15, 0.2) is 17.8 Å². The number of hydrogen-bond donors (Lipinski definition) is 1. The molecule has 0 spiro atoms. The predicted octanol–water partition coefficient (Wildman–Crippen LogP) is 2.36. The minimum atomic E-state index is 0.657. The molecule has 2 atom stereocenters. The van der Waals surface area contributed by atoms with Gasteiger partial charge in [0.2, 0.25) is 0 Å². The van der Waals surface area contributed by atoms with Crippen molar-refractivity contribution in [2.75, 3.05) is 13.1 Å². The largest absolute Gasteiger partial charge is 0.311 e. The van der Waals surface area contributed by atoms with Crippen LogP contribution in [0.2, 0.25) is 0 Å². The first-order valence-corrected chi connectivity index (χ1v) is 8.60. The molecule has 108 valence electrons. The Balaban J connectivity index is 1.50. The van der Waals surface area contributed by atoms with E-state index < -0.39 is 0 Å². The van der Waals surface area contributed by atoms with Crippen LogP contribution in [0, 0.1) is 5.92 Å². The lowest BCUT2D eigenvalue weighted by Crippen LogP contribution is -2.56. The number of piperazine rings is 1. The summed E-state index contributed by atoms with van der Waals surface area (Å²) in [5.41, 5.74) is 1.21. The number of nitrogens with zero attached hydrogens (tertiary/aromatic N) is 3. The molecular weight excluding hydrogens is 268 g/mol. The molecule has 4 rings (SSSR count). The van der Waals surface area contributed by atoms with E-state index in [2.05, 4.69) is 39.3 Å². The number of thiazole rings is 1. The average Bonchev–Trinajstić information content (AvgIpc) is 3.10. The quantitative estimate of drug-likeness (QED) is 0.938. The van der Waals surface area contributed by atoms with Gasteiger partial charge in [-0.05, 0) is 25.2 Å². The molecule has 2 aliphatic rings. The monoisotopic (exact) mass is 290 g/mol. The normalized spacial score (nSPS) is 28.2. The third-order valence-electron chi connectivity index (χ3n) is 4.73. The Morgan fingerprint density at radius 3 is 3.10 bits per heavy atom. The highest BCUT2D eigenvalue weighted by Gasteiger charge is 2.36. The van der Waals surface area contributed by atoms with Gasteiger partial charge in [-0.3, -0.25) is 9.30 Å². The van der Waals surface area contributed by atoms with Crippen LogP contribution in [-0.2, 0) is 6.54 Å². The van der Waals surface area contributed by atoms with Crippen molar-refractivity contribution in [1.29, 1.82) is 0 Å². The second-order valence-corrected chi connectivity index (χ2v) is 7.04. The van der Waals surface area contributed by atoms with Crippen LogP contribution in [0.25, 0.3) is 4.96 Å². The van der Waals surface area contributed by atoms with Crippen molar-refractivity contribution in [3.63, 3.8) is 0 Å². The topological polar surface area (TPSA) is 32.6 Å². The van der Waals surface area contributed by atoms with Gasteiger partial charge in [0.15, 0.2) is 4.96 Å². The molecule has 1 aliphatic heterocycles. The molecule has 0 aromatic carbocycles. The van der Waals surface area contributed by atoms with Crippen LogP contribution in [-0.4, -0.2) is 39.5 Å². The zero-order chi connectivity index (χ0) is 13.5. The van der Waals surface area contributed by atoms with Crippen molar-refractivity contribution in [2.45, 2.75) is 44.8 Å². The van der Waals surface area contributed by atoms with Gasteiger partial charge in [0, 0.05) is 49.5 Å². The van der Waals surface area contributed by atoms with Crippen LogP contribution in [0.4, 0.5) is 0 Å². The number of nitrogens with one attached hydrogen (secondary N) is 1. The molecule has 2 aromatic heterocycles. The fourth-order valence-corrected chi connectivity index (χ4v) is 4.07. The number of aromatic nitrogens is 2. The van der Waals surface area contributed by atoms with Gasteiger partial charge in [-0.25, -0.2) is 4.98 Å². The highest BCUT2D eigenvalue weighted by molar-refractivity contribution is 7.15. The Morgan fingerprint density at radius 1 is 1.45 bits per heavy atom. The molecule has 4 nitrogen and oxygen atoms in total. The lowest BCUT2D eigenvalue weighted by molar-refractivity contribution is 0.110. The van der Waals surface area contributed by atoms with E-state index in [1.807, 2.05) is 0 Å². The zero-order valence-electron chi connectivity index (χ0n) is 12.0. The molecule has 0 bridgehead atoms. The van der Waals surface area contributed by atoms with Gasteiger partial charge in [0.1, 0.15) is 0 Å². The third-order valence-corrected chi connectivity index (χ3v) is 5.50. The minimum Gasteiger partial charge on any atom is -0.311 e. The first-order chi connectivity index (χ1) is 9.83. The van der Waals surface area contributed by atoms with E-state index in [1.165, 1.54) is 31.5 Å². The Bertz CT molecular complexity index is 557. The van der Waals surface area contributed by atoms with Crippen LogP contribution < -0.4 is 5.32 Å². The van der Waals surface area contributed by atoms with E-state index in [4.69, 9.17) is 4.98 Å². The van der Waals surface area contributed by atoms with Gasteiger partial charge >= 0.3 is 0 Å². The second-order valence-electron chi connectivity index (χ2n) is 6.17. The van der Waals surface area contributed by atoms with Gasteiger partial charge in [-0.1, -0.05) is 6.92 Å². The minimum absolute atomic E-state index is 0.657. The van der Waals surface area contributed by atoms with Crippen LogP contribution >= 0.6 is 11.3 Å². The van der Waals surface area contributed by atoms with Crippen molar-refractivity contribution in [3.8, 4) is 0 Å². The van der Waals surface area contributed by atoms with E-state index in [0.29, 0.717) is 12.1 Å². The van der Waals surface area contributed by atoms with Crippen molar-refractivity contribution in [2.24, 2.45) is 5.92 Å². The first kappa shape index (κ1) is 12.8. The van der Waals surface area contributed by atoms with E-state index in [1.54, 1.807) is 11.3 Å². The molecule has 5 heteroatoms. The predicted molar refractivity (Wildman–Crippen MR) is 82.1 cm³/mol. The molecule has 2 aromatic rings. The SMILES string of the molecule is CCC1CNC(C2CC2)CN1Cc1cn2ccsc2n1. The molecule has 0 radical (unpaired) electrons. The highest BCUT2D eigenvalue weighted by Crippen LogP contribution is 2.34. The van der Waals surface area contributed by atoms with Gasteiger partial charge in [0.25, 0.3) is 0 Å². The summed E-state index contributed by atoms with van der Waals surface area (Å²) in [5, 5.41) is 5.85. The van der Waals surface area contributed by atoms with Gasteiger partial charge in [-0.15, -0.1) is 11.3 Å². The molecule has 1 saturated carbocycles. The fraction of sp³-hybridized carbons (Fsp3) is 0.667. The molecule has 2 fully saturated rings. The number of rotatable bonds is 4. The summed E-state index contributed by atoms with van der Waals surface area (Å²) in [4.78, 5) is 8.50. The molecular formula is C15H22N4S. The summed E-state index contributed by atoms with van der Waals surface area (Å²) in [6.45, 7) is 5.62. The van der Waals surface area contributed by atoms with Gasteiger partial charge < -0.3 is 5.32 Å². The Kier molecular flexibility index (Phi) is 3.28. The standard InChI is InChI=1S/C15H22N4S/c1-2-13-7-16-14(11-3-4-11)10-19(13)9-12-8-18-5-6-20-15(18)17-12/h5-6,8,11,13-14,16H,2-4,7,9-10H2,1H3. The number of fused-ring (bicyclic) bond motifs is 1. The average molecular weight is 290 g/mol. The maximum atomic E-state index is 4.74. The summed E-state index contributed by atoms with van der Waals surface area (Å²) in [6.07, 6.45) is 8.34. The van der Waals surface area contributed by atoms with Crippen LogP contribution in [0.1, 0.15) is 31.9 Å². The van der Waals surface area contributed by atoms with Crippen molar-refractivity contribution in [1.82, 2.24) is 19.6 Å². The van der Waals surface area contributed by atoms with Crippen LogP contribution in [0.5, 0.6) is 0 Å². The Morgan fingerprint density at radius 2 is 2.35 bits per heavy atom. The summed E-state index contributed by atoms with van der Waals surface area (Å²) < 4.78 is 2.14. The van der Waals surface area contributed by atoms with Crippen molar-refractivity contribution < 1.29 is 0 Å². The van der Waals surface area contributed by atoms with Crippen molar-refractivity contribution in [3.05, 3.63) is 23.5 Å². The Labute approximate surface area is 123 Å². The molecule has 3 heterocycles. The van der Waals surface area contributed by atoms with Gasteiger partial charge in [-0.2, -0.15) is 0 Å². The molecule has 20 heavy (non-hydrogen) atoms. The summed E-state index contributed by atoms with van der Waals surface area (Å²) in [6, 6.07) is 1.37.